The number of rotatable bonds is 5. The van der Waals surface area contributed by atoms with Crippen LogP contribution >= 0.6 is 0 Å². The van der Waals surface area contributed by atoms with Crippen LogP contribution in [0.4, 0.5) is 18.9 Å². The minimum Gasteiger partial charge on any atom is -0.376 e. The number of benzene rings is 1. The molecule has 1 aliphatic heterocycles. The highest BCUT2D eigenvalue weighted by Crippen LogP contribution is 2.35. The first kappa shape index (κ1) is 19.2. The smallest absolute Gasteiger partial charge is 0.376 e. The van der Waals surface area contributed by atoms with Crippen molar-refractivity contribution in [2.75, 3.05) is 18.5 Å². The van der Waals surface area contributed by atoms with E-state index in [-0.39, 0.29) is 18.3 Å². The third kappa shape index (κ3) is 4.72. The molecule has 1 atom stereocenters. The number of hydrogen-bond donors (Lipinski definition) is 2. The second-order valence-electron chi connectivity index (χ2n) is 6.47. The van der Waals surface area contributed by atoms with Crippen LogP contribution in [-0.4, -0.2) is 31.1 Å². The van der Waals surface area contributed by atoms with Crippen LogP contribution in [-0.2, 0) is 20.5 Å². The van der Waals surface area contributed by atoms with Gasteiger partial charge in [-0.1, -0.05) is 12.1 Å². The molecule has 1 aromatic carbocycles. The molecular formula is C17H21F3N2O3. The minimum atomic E-state index is -4.60. The van der Waals surface area contributed by atoms with E-state index in [9.17, 15) is 22.8 Å². The third-order valence-corrected chi connectivity index (χ3v) is 4.13. The molecule has 1 aromatic rings. The average Bonchev–Trinajstić information content (AvgIpc) is 3.05. The number of para-hydroxylation sites is 1. The number of carbonyl (C=O) groups excluding carboxylic acids is 2. The van der Waals surface area contributed by atoms with E-state index in [2.05, 4.69) is 10.6 Å². The Morgan fingerprint density at radius 3 is 2.48 bits per heavy atom. The highest BCUT2D eigenvalue weighted by atomic mass is 19.4. The highest BCUT2D eigenvalue weighted by Gasteiger charge is 2.39. The van der Waals surface area contributed by atoms with Gasteiger partial charge < -0.3 is 15.4 Å². The number of amides is 2. The summed E-state index contributed by atoms with van der Waals surface area (Å²) in [6, 6.07) is 4.65. The Morgan fingerprint density at radius 1 is 1.20 bits per heavy atom. The first-order valence-corrected chi connectivity index (χ1v) is 8.00. The molecule has 138 valence electrons. The Balaban J connectivity index is 2.04. The Morgan fingerprint density at radius 2 is 1.88 bits per heavy atom. The van der Waals surface area contributed by atoms with Crippen LogP contribution in [0.15, 0.2) is 24.3 Å². The summed E-state index contributed by atoms with van der Waals surface area (Å²) < 4.78 is 44.4. The summed E-state index contributed by atoms with van der Waals surface area (Å²) in [7, 11) is 0. The van der Waals surface area contributed by atoms with Gasteiger partial charge in [0, 0.05) is 13.2 Å². The SMILES string of the molecule is CC(C)(C(=O)NCC1CCCO1)C(=O)Nc1ccccc1C(F)(F)F. The minimum absolute atomic E-state index is 0.0891. The molecule has 0 aromatic heterocycles. The monoisotopic (exact) mass is 358 g/mol. The summed E-state index contributed by atoms with van der Waals surface area (Å²) >= 11 is 0. The topological polar surface area (TPSA) is 67.4 Å². The highest BCUT2D eigenvalue weighted by molar-refractivity contribution is 6.10. The zero-order chi connectivity index (χ0) is 18.7. The third-order valence-electron chi connectivity index (χ3n) is 4.13. The molecule has 1 heterocycles. The number of carbonyl (C=O) groups is 2. The van der Waals surface area contributed by atoms with E-state index in [0.29, 0.717) is 6.61 Å². The summed E-state index contributed by atoms with van der Waals surface area (Å²) in [6.45, 7) is 3.64. The van der Waals surface area contributed by atoms with Crippen molar-refractivity contribution in [3.05, 3.63) is 29.8 Å². The largest absolute Gasteiger partial charge is 0.418 e. The van der Waals surface area contributed by atoms with E-state index in [1.165, 1.54) is 26.0 Å². The Bertz CT molecular complexity index is 638. The fourth-order valence-electron chi connectivity index (χ4n) is 2.45. The number of anilines is 1. The van der Waals surface area contributed by atoms with Gasteiger partial charge in [-0.3, -0.25) is 9.59 Å². The van der Waals surface area contributed by atoms with Crippen LogP contribution in [0.2, 0.25) is 0 Å². The van der Waals surface area contributed by atoms with Gasteiger partial charge in [0.15, 0.2) is 0 Å². The Labute approximate surface area is 143 Å². The fourth-order valence-corrected chi connectivity index (χ4v) is 2.45. The van der Waals surface area contributed by atoms with E-state index >= 15 is 0 Å². The summed E-state index contributed by atoms with van der Waals surface area (Å²) in [5, 5.41) is 4.84. The molecule has 0 saturated carbocycles. The van der Waals surface area contributed by atoms with E-state index in [4.69, 9.17) is 4.74 Å². The van der Waals surface area contributed by atoms with Crippen molar-refractivity contribution in [1.29, 1.82) is 0 Å². The quantitative estimate of drug-likeness (QED) is 0.796. The predicted molar refractivity (Wildman–Crippen MR) is 85.8 cm³/mol. The number of ether oxygens (including phenoxy) is 1. The van der Waals surface area contributed by atoms with Crippen LogP contribution < -0.4 is 10.6 Å². The maximum absolute atomic E-state index is 13.0. The molecule has 0 radical (unpaired) electrons. The van der Waals surface area contributed by atoms with Crippen molar-refractivity contribution >= 4 is 17.5 Å². The van der Waals surface area contributed by atoms with Gasteiger partial charge in [-0.25, -0.2) is 0 Å². The van der Waals surface area contributed by atoms with Crippen LogP contribution in [0.25, 0.3) is 0 Å². The molecule has 1 unspecified atom stereocenters. The van der Waals surface area contributed by atoms with Crippen LogP contribution in [0, 0.1) is 5.41 Å². The molecule has 2 amide bonds. The normalized spacial score (nSPS) is 18.0. The predicted octanol–water partition coefficient (Wildman–Crippen LogP) is 2.97. The van der Waals surface area contributed by atoms with Gasteiger partial charge in [-0.05, 0) is 38.8 Å². The van der Waals surface area contributed by atoms with Gasteiger partial charge in [0.25, 0.3) is 0 Å². The molecule has 2 rings (SSSR count). The van der Waals surface area contributed by atoms with E-state index < -0.39 is 29.0 Å². The maximum atomic E-state index is 13.0. The Kier molecular flexibility index (Phi) is 5.72. The summed E-state index contributed by atoms with van der Waals surface area (Å²) in [6.07, 6.45) is -2.95. The molecule has 0 bridgehead atoms. The van der Waals surface area contributed by atoms with Gasteiger partial charge in [0.05, 0.1) is 17.4 Å². The molecule has 0 aliphatic carbocycles. The van der Waals surface area contributed by atoms with Crippen LogP contribution in [0.3, 0.4) is 0 Å². The van der Waals surface area contributed by atoms with Gasteiger partial charge in [-0.2, -0.15) is 13.2 Å². The summed E-state index contributed by atoms with van der Waals surface area (Å²) in [4.78, 5) is 24.7. The molecular weight excluding hydrogens is 337 g/mol. The van der Waals surface area contributed by atoms with Crippen molar-refractivity contribution in [3.63, 3.8) is 0 Å². The van der Waals surface area contributed by atoms with E-state index in [0.717, 1.165) is 25.0 Å². The molecule has 25 heavy (non-hydrogen) atoms. The first-order chi connectivity index (χ1) is 11.6. The molecule has 5 nitrogen and oxygen atoms in total. The summed E-state index contributed by atoms with van der Waals surface area (Å²) in [5.41, 5.74) is -2.86. The number of hydrogen-bond acceptors (Lipinski definition) is 3. The van der Waals surface area contributed by atoms with Crippen molar-refractivity contribution in [2.45, 2.75) is 39.0 Å². The molecule has 2 N–H and O–H groups in total. The molecule has 1 aliphatic rings. The fraction of sp³-hybridized carbons (Fsp3) is 0.529. The van der Waals surface area contributed by atoms with Gasteiger partial charge >= 0.3 is 6.18 Å². The van der Waals surface area contributed by atoms with Crippen molar-refractivity contribution in [3.8, 4) is 0 Å². The number of halogens is 3. The standard InChI is InChI=1S/C17H21F3N2O3/c1-16(2,14(23)21-10-11-6-5-9-25-11)15(24)22-13-8-4-3-7-12(13)17(18,19)20/h3-4,7-8,11H,5-6,9-10H2,1-2H3,(H,21,23)(H,22,24). The van der Waals surface area contributed by atoms with Gasteiger partial charge in [0.2, 0.25) is 11.8 Å². The lowest BCUT2D eigenvalue weighted by atomic mass is 9.90. The second-order valence-corrected chi connectivity index (χ2v) is 6.47. The lowest BCUT2D eigenvalue weighted by molar-refractivity contribution is -0.138. The van der Waals surface area contributed by atoms with Crippen LogP contribution in [0.5, 0.6) is 0 Å². The molecule has 0 spiro atoms. The zero-order valence-electron chi connectivity index (χ0n) is 14.1. The van der Waals surface area contributed by atoms with Gasteiger partial charge in [-0.15, -0.1) is 0 Å². The van der Waals surface area contributed by atoms with E-state index in [1.54, 1.807) is 0 Å². The lowest BCUT2D eigenvalue weighted by Crippen LogP contribution is -2.47. The van der Waals surface area contributed by atoms with Crippen molar-refractivity contribution in [1.82, 2.24) is 5.32 Å². The summed E-state index contributed by atoms with van der Waals surface area (Å²) in [5.74, 6) is -1.38. The lowest BCUT2D eigenvalue weighted by Gasteiger charge is -2.24. The van der Waals surface area contributed by atoms with E-state index in [1.807, 2.05) is 0 Å². The maximum Gasteiger partial charge on any atom is 0.418 e. The number of nitrogens with one attached hydrogen (secondary N) is 2. The molecule has 1 fully saturated rings. The number of alkyl halides is 3. The van der Waals surface area contributed by atoms with Crippen LogP contribution in [0.1, 0.15) is 32.3 Å². The molecule has 8 heteroatoms. The Hall–Kier alpha value is -2.09. The first-order valence-electron chi connectivity index (χ1n) is 8.00. The average molecular weight is 358 g/mol. The second kappa shape index (κ2) is 7.43. The zero-order valence-corrected chi connectivity index (χ0v) is 14.1. The molecule has 1 saturated heterocycles. The van der Waals surface area contributed by atoms with Gasteiger partial charge in [0.1, 0.15) is 5.41 Å². The van der Waals surface area contributed by atoms with Crippen molar-refractivity contribution < 1.29 is 27.5 Å². The van der Waals surface area contributed by atoms with Crippen molar-refractivity contribution in [2.24, 2.45) is 5.41 Å².